The van der Waals surface area contributed by atoms with Gasteiger partial charge in [0.15, 0.2) is 0 Å². The largest absolute Gasteiger partial charge is 0.394 e. The predicted molar refractivity (Wildman–Crippen MR) is 130 cm³/mol. The van der Waals surface area contributed by atoms with Gasteiger partial charge in [-0.3, -0.25) is 4.79 Å². The zero-order valence-electron chi connectivity index (χ0n) is 19.4. The monoisotopic (exact) mass is 435 g/mol. The number of anilines is 2. The van der Waals surface area contributed by atoms with E-state index in [0.717, 1.165) is 46.6 Å². The van der Waals surface area contributed by atoms with Crippen LogP contribution in [-0.2, 0) is 4.79 Å². The first-order chi connectivity index (χ1) is 15.4. The summed E-state index contributed by atoms with van der Waals surface area (Å²) in [7, 11) is 0. The smallest absolute Gasteiger partial charge is 0.224 e. The molecule has 0 radical (unpaired) electrons. The second kappa shape index (κ2) is 8.66. The molecule has 32 heavy (non-hydrogen) atoms. The molecule has 4 saturated carbocycles. The van der Waals surface area contributed by atoms with Gasteiger partial charge < -0.3 is 15.7 Å². The zero-order chi connectivity index (χ0) is 22.3. The van der Waals surface area contributed by atoms with E-state index in [4.69, 9.17) is 4.98 Å². The van der Waals surface area contributed by atoms with Crippen LogP contribution in [0.3, 0.4) is 0 Å². The molecule has 5 nitrogen and oxygen atoms in total. The summed E-state index contributed by atoms with van der Waals surface area (Å²) in [6.45, 7) is 4.38. The number of hydrogen-bond acceptors (Lipinski definition) is 4. The third-order valence-electron chi connectivity index (χ3n) is 8.03. The van der Waals surface area contributed by atoms with E-state index in [1.807, 2.05) is 30.3 Å². The lowest BCUT2D eigenvalue weighted by molar-refractivity contribution is -0.124. The number of carbonyl (C=O) groups excluding carboxylic acids is 1. The van der Waals surface area contributed by atoms with E-state index < -0.39 is 0 Å². The molecule has 3 N–H and O–H groups in total. The number of fused-ring (bicyclic) bond motifs is 1. The molecule has 1 atom stereocenters. The number of amides is 1. The van der Waals surface area contributed by atoms with E-state index in [0.29, 0.717) is 12.3 Å². The second-order valence-corrected chi connectivity index (χ2v) is 11.4. The molecular formula is C27H37N3O2. The van der Waals surface area contributed by atoms with E-state index in [1.165, 1.54) is 38.5 Å². The molecule has 4 fully saturated rings. The molecule has 0 spiro atoms. The Morgan fingerprint density at radius 2 is 1.78 bits per heavy atom. The molecule has 4 bridgehead atoms. The quantitative estimate of drug-likeness (QED) is 0.505. The molecule has 0 aliphatic heterocycles. The minimum absolute atomic E-state index is 0.0110. The fraction of sp³-hybridized carbons (Fsp3) is 0.630. The minimum atomic E-state index is -0.0110. The van der Waals surface area contributed by atoms with Crippen molar-refractivity contribution in [3.05, 3.63) is 30.3 Å². The molecule has 1 amide bonds. The van der Waals surface area contributed by atoms with Crippen LogP contribution in [0.4, 0.5) is 11.5 Å². The van der Waals surface area contributed by atoms with Crippen molar-refractivity contribution < 1.29 is 9.90 Å². The third-order valence-corrected chi connectivity index (χ3v) is 8.03. The van der Waals surface area contributed by atoms with Crippen LogP contribution in [-0.4, -0.2) is 28.6 Å². The van der Waals surface area contributed by atoms with Crippen LogP contribution in [0, 0.1) is 29.1 Å². The Hall–Kier alpha value is -2.14. The van der Waals surface area contributed by atoms with E-state index in [-0.39, 0.29) is 24.0 Å². The van der Waals surface area contributed by atoms with Gasteiger partial charge in [0.1, 0.15) is 5.82 Å². The summed E-state index contributed by atoms with van der Waals surface area (Å²) in [6.07, 6.45) is 9.51. The van der Waals surface area contributed by atoms with E-state index in [2.05, 4.69) is 24.5 Å². The Balaban J connectivity index is 1.29. The number of aliphatic hydroxyl groups excluding tert-OH is 1. The number of aliphatic hydroxyl groups is 1. The van der Waals surface area contributed by atoms with Crippen LogP contribution in [0.25, 0.3) is 10.9 Å². The van der Waals surface area contributed by atoms with Gasteiger partial charge in [-0.05, 0) is 98.3 Å². The Bertz CT molecular complexity index is 951. The summed E-state index contributed by atoms with van der Waals surface area (Å²) in [5, 5.41) is 17.2. The highest BCUT2D eigenvalue weighted by Gasteiger charge is 2.51. The fourth-order valence-electron chi connectivity index (χ4n) is 7.34. The van der Waals surface area contributed by atoms with E-state index >= 15 is 0 Å². The molecule has 1 aromatic carbocycles. The van der Waals surface area contributed by atoms with Crippen molar-refractivity contribution in [2.75, 3.05) is 17.2 Å². The average Bonchev–Trinajstić information content (AvgIpc) is 2.71. The second-order valence-electron chi connectivity index (χ2n) is 11.4. The first-order valence-electron chi connectivity index (χ1n) is 12.5. The van der Waals surface area contributed by atoms with Gasteiger partial charge in [0.25, 0.3) is 0 Å². The summed E-state index contributed by atoms with van der Waals surface area (Å²) in [4.78, 5) is 17.9. The summed E-state index contributed by atoms with van der Waals surface area (Å²) in [5.74, 6) is 3.99. The molecule has 4 aliphatic carbocycles. The molecule has 5 heteroatoms. The van der Waals surface area contributed by atoms with E-state index in [9.17, 15) is 9.90 Å². The van der Waals surface area contributed by atoms with Crippen molar-refractivity contribution in [1.82, 2.24) is 4.98 Å². The topological polar surface area (TPSA) is 74.2 Å². The van der Waals surface area contributed by atoms with Gasteiger partial charge in [-0.1, -0.05) is 19.9 Å². The van der Waals surface area contributed by atoms with Gasteiger partial charge in [-0.15, -0.1) is 0 Å². The lowest BCUT2D eigenvalue weighted by Crippen LogP contribution is -2.47. The molecule has 172 valence electrons. The summed E-state index contributed by atoms with van der Waals surface area (Å²) in [6, 6.07) is 9.87. The number of benzene rings is 1. The maximum Gasteiger partial charge on any atom is 0.224 e. The van der Waals surface area contributed by atoms with Crippen molar-refractivity contribution in [3.63, 3.8) is 0 Å². The van der Waals surface area contributed by atoms with Gasteiger partial charge in [0, 0.05) is 11.8 Å². The maximum atomic E-state index is 13.1. The highest BCUT2D eigenvalue weighted by Crippen LogP contribution is 2.61. The SMILES string of the molecule is CC(C)CC(CO)Nc1ccc2c(NC(=O)CC34CC5CC(CC(C5)C3)C4)cccc2n1. The first kappa shape index (κ1) is 21.7. The Labute approximate surface area is 191 Å². The summed E-state index contributed by atoms with van der Waals surface area (Å²) >= 11 is 0. The molecule has 1 heterocycles. The molecule has 0 saturated heterocycles. The number of hydrogen-bond donors (Lipinski definition) is 3. The van der Waals surface area contributed by atoms with Crippen LogP contribution >= 0.6 is 0 Å². The molecule has 2 aromatic rings. The molecule has 1 aromatic heterocycles. The van der Waals surface area contributed by atoms with Gasteiger partial charge in [0.05, 0.1) is 23.9 Å². The van der Waals surface area contributed by atoms with Crippen molar-refractivity contribution in [2.45, 2.75) is 71.3 Å². The number of nitrogens with one attached hydrogen (secondary N) is 2. The van der Waals surface area contributed by atoms with Gasteiger partial charge >= 0.3 is 0 Å². The van der Waals surface area contributed by atoms with Crippen LogP contribution in [0.1, 0.15) is 65.2 Å². The zero-order valence-corrected chi connectivity index (χ0v) is 19.4. The number of rotatable bonds is 8. The molecule has 4 aliphatic rings. The minimum Gasteiger partial charge on any atom is -0.394 e. The molecule has 1 unspecified atom stereocenters. The summed E-state index contributed by atoms with van der Waals surface area (Å²) in [5.41, 5.74) is 1.94. The molecular weight excluding hydrogens is 398 g/mol. The average molecular weight is 436 g/mol. The normalized spacial score (nSPS) is 29.4. The van der Waals surface area contributed by atoms with E-state index in [1.54, 1.807) is 0 Å². The van der Waals surface area contributed by atoms with Crippen LogP contribution in [0.5, 0.6) is 0 Å². The molecule has 6 rings (SSSR count). The van der Waals surface area contributed by atoms with Gasteiger partial charge in [-0.25, -0.2) is 4.98 Å². The van der Waals surface area contributed by atoms with Crippen molar-refractivity contribution in [2.24, 2.45) is 29.1 Å². The lowest BCUT2D eigenvalue weighted by Gasteiger charge is -2.56. The maximum absolute atomic E-state index is 13.1. The van der Waals surface area contributed by atoms with Crippen LogP contribution in [0.2, 0.25) is 0 Å². The Morgan fingerprint density at radius 1 is 1.09 bits per heavy atom. The lowest BCUT2D eigenvalue weighted by atomic mass is 9.49. The van der Waals surface area contributed by atoms with Crippen molar-refractivity contribution >= 4 is 28.3 Å². The highest BCUT2D eigenvalue weighted by atomic mass is 16.3. The predicted octanol–water partition coefficient (Wildman–Crippen LogP) is 5.60. The Kier molecular flexibility index (Phi) is 5.87. The fourth-order valence-corrected chi connectivity index (χ4v) is 7.34. The summed E-state index contributed by atoms with van der Waals surface area (Å²) < 4.78 is 0. The standard InChI is InChI=1S/C27H37N3O2/c1-17(2)8-21(16-31)28-25-7-6-22-23(29-25)4-3-5-24(22)30-26(32)15-27-12-18-9-19(13-27)11-20(10-18)14-27/h3-7,17-21,31H,8-16H2,1-2H3,(H,28,29)(H,30,32). The Morgan fingerprint density at radius 3 is 2.41 bits per heavy atom. The van der Waals surface area contributed by atoms with Crippen LogP contribution < -0.4 is 10.6 Å². The number of aromatic nitrogens is 1. The van der Waals surface area contributed by atoms with Crippen molar-refractivity contribution in [3.8, 4) is 0 Å². The highest BCUT2D eigenvalue weighted by molar-refractivity contribution is 6.01. The van der Waals surface area contributed by atoms with Crippen molar-refractivity contribution in [1.29, 1.82) is 0 Å². The van der Waals surface area contributed by atoms with Gasteiger partial charge in [0.2, 0.25) is 5.91 Å². The first-order valence-corrected chi connectivity index (χ1v) is 12.5. The van der Waals surface area contributed by atoms with Gasteiger partial charge in [-0.2, -0.15) is 0 Å². The third kappa shape index (κ3) is 4.50. The number of carbonyl (C=O) groups is 1. The number of pyridine rings is 1. The van der Waals surface area contributed by atoms with Crippen LogP contribution in [0.15, 0.2) is 30.3 Å². The number of nitrogens with zero attached hydrogens (tertiary/aromatic N) is 1.